The van der Waals surface area contributed by atoms with Crippen molar-refractivity contribution in [2.45, 2.75) is 0 Å². The maximum atomic E-state index is 12.8. The Morgan fingerprint density at radius 1 is 0.875 bits per heavy atom. The lowest BCUT2D eigenvalue weighted by Gasteiger charge is -2.14. The zero-order valence-electron chi connectivity index (χ0n) is 16.4. The van der Waals surface area contributed by atoms with Crippen LogP contribution < -0.4 is 4.90 Å². The van der Waals surface area contributed by atoms with E-state index in [4.69, 9.17) is 4.74 Å². The van der Waals surface area contributed by atoms with Gasteiger partial charge in [-0.25, -0.2) is 9.69 Å². The summed E-state index contributed by atoms with van der Waals surface area (Å²) in [5.74, 6) is -2.80. The molecule has 3 aromatic carbocycles. The molecule has 32 heavy (non-hydrogen) atoms. The van der Waals surface area contributed by atoms with E-state index in [-0.39, 0.29) is 28.2 Å². The van der Waals surface area contributed by atoms with Crippen molar-refractivity contribution in [3.63, 3.8) is 0 Å². The summed E-state index contributed by atoms with van der Waals surface area (Å²) in [5, 5.41) is 11.3. The first-order valence-electron chi connectivity index (χ1n) is 9.40. The molecule has 9 nitrogen and oxygen atoms in total. The summed E-state index contributed by atoms with van der Waals surface area (Å²) in [6.07, 6.45) is 0. The van der Waals surface area contributed by atoms with Gasteiger partial charge in [0.25, 0.3) is 17.5 Å². The normalized spacial score (nSPS) is 12.4. The molecule has 158 valence electrons. The van der Waals surface area contributed by atoms with Crippen molar-refractivity contribution in [1.82, 2.24) is 0 Å². The monoisotopic (exact) mass is 430 g/mol. The van der Waals surface area contributed by atoms with Crippen LogP contribution in [0.1, 0.15) is 41.4 Å². The number of carbonyl (C=O) groups excluding carboxylic acids is 4. The predicted molar refractivity (Wildman–Crippen MR) is 112 cm³/mol. The van der Waals surface area contributed by atoms with Crippen LogP contribution >= 0.6 is 0 Å². The highest BCUT2D eigenvalue weighted by atomic mass is 16.6. The Morgan fingerprint density at radius 3 is 2.28 bits per heavy atom. The number of amides is 2. The first-order chi connectivity index (χ1) is 15.4. The number of anilines is 1. The Morgan fingerprint density at radius 2 is 1.56 bits per heavy atom. The van der Waals surface area contributed by atoms with E-state index in [1.54, 1.807) is 30.3 Å². The van der Waals surface area contributed by atoms with E-state index in [1.807, 2.05) is 0 Å². The Kier molecular flexibility index (Phi) is 5.30. The molecular weight excluding hydrogens is 416 g/mol. The number of esters is 1. The van der Waals surface area contributed by atoms with E-state index >= 15 is 0 Å². The highest BCUT2D eigenvalue weighted by Crippen LogP contribution is 2.34. The van der Waals surface area contributed by atoms with Gasteiger partial charge in [-0.3, -0.25) is 24.5 Å². The molecule has 0 spiro atoms. The Labute approximate surface area is 181 Å². The van der Waals surface area contributed by atoms with E-state index in [1.165, 1.54) is 36.4 Å². The molecule has 0 bridgehead atoms. The molecule has 1 aliphatic rings. The molecule has 0 saturated carbocycles. The first kappa shape index (κ1) is 20.6. The highest BCUT2D eigenvalue weighted by Gasteiger charge is 2.41. The smallest absolute Gasteiger partial charge is 0.338 e. The molecule has 0 N–H and O–H groups in total. The number of ketones is 1. The molecule has 0 radical (unpaired) electrons. The number of rotatable bonds is 6. The van der Waals surface area contributed by atoms with Gasteiger partial charge >= 0.3 is 5.97 Å². The molecule has 4 rings (SSSR count). The van der Waals surface area contributed by atoms with Crippen LogP contribution in [0.5, 0.6) is 0 Å². The van der Waals surface area contributed by atoms with Crippen molar-refractivity contribution in [1.29, 1.82) is 0 Å². The van der Waals surface area contributed by atoms with E-state index in [9.17, 15) is 29.3 Å². The van der Waals surface area contributed by atoms with Gasteiger partial charge < -0.3 is 4.74 Å². The number of carbonyl (C=O) groups is 4. The summed E-state index contributed by atoms with van der Waals surface area (Å²) in [6.45, 7) is -0.480. The highest BCUT2D eigenvalue weighted by molar-refractivity contribution is 6.35. The number of nitro benzene ring substituents is 1. The number of benzene rings is 3. The lowest BCUT2D eigenvalue weighted by atomic mass is 10.1. The zero-order valence-corrected chi connectivity index (χ0v) is 16.4. The largest absolute Gasteiger partial charge is 0.454 e. The van der Waals surface area contributed by atoms with Gasteiger partial charge in [0.1, 0.15) is 5.56 Å². The first-order valence-corrected chi connectivity index (χ1v) is 9.40. The van der Waals surface area contributed by atoms with Gasteiger partial charge in [0.05, 0.1) is 21.7 Å². The van der Waals surface area contributed by atoms with Crippen LogP contribution in [0.4, 0.5) is 11.4 Å². The molecule has 0 saturated heterocycles. The van der Waals surface area contributed by atoms with Crippen LogP contribution in [0.15, 0.2) is 72.8 Å². The summed E-state index contributed by atoms with van der Waals surface area (Å²) >= 11 is 0. The minimum atomic E-state index is -0.859. The fraction of sp³-hybridized carbons (Fsp3) is 0.0435. The van der Waals surface area contributed by atoms with Crippen LogP contribution in [0.25, 0.3) is 0 Å². The van der Waals surface area contributed by atoms with Gasteiger partial charge in [-0.2, -0.15) is 0 Å². The fourth-order valence-corrected chi connectivity index (χ4v) is 3.35. The van der Waals surface area contributed by atoms with Crippen molar-refractivity contribution in [3.05, 3.63) is 105 Å². The van der Waals surface area contributed by atoms with Crippen molar-refractivity contribution >= 4 is 34.9 Å². The lowest BCUT2D eigenvalue weighted by molar-refractivity contribution is -0.385. The second-order valence-corrected chi connectivity index (χ2v) is 6.82. The molecule has 1 heterocycles. The molecule has 0 atom stereocenters. The Bertz CT molecular complexity index is 1280. The lowest BCUT2D eigenvalue weighted by Crippen LogP contribution is -2.29. The van der Waals surface area contributed by atoms with Gasteiger partial charge in [0.2, 0.25) is 0 Å². The topological polar surface area (TPSA) is 124 Å². The van der Waals surface area contributed by atoms with Crippen molar-refractivity contribution in [2.24, 2.45) is 0 Å². The molecule has 1 aliphatic heterocycles. The SMILES string of the molecule is O=C(COC(=O)c1cccc(N2C(=O)c3cccc([N+](=O)[O-])c3C2=O)c1)c1ccccc1. The number of hydrogen-bond donors (Lipinski definition) is 0. The van der Waals surface area contributed by atoms with Gasteiger partial charge in [-0.15, -0.1) is 0 Å². The summed E-state index contributed by atoms with van der Waals surface area (Å²) < 4.78 is 5.06. The van der Waals surface area contributed by atoms with Crippen molar-refractivity contribution < 1.29 is 28.8 Å². The van der Waals surface area contributed by atoms with E-state index < -0.39 is 35.0 Å². The van der Waals surface area contributed by atoms with E-state index in [2.05, 4.69) is 0 Å². The van der Waals surface area contributed by atoms with Crippen LogP contribution in [-0.2, 0) is 4.74 Å². The van der Waals surface area contributed by atoms with Crippen molar-refractivity contribution in [2.75, 3.05) is 11.5 Å². The number of imide groups is 1. The molecule has 3 aromatic rings. The summed E-state index contributed by atoms with van der Waals surface area (Å²) in [6, 6.07) is 17.6. The van der Waals surface area contributed by atoms with Crippen LogP contribution in [-0.4, -0.2) is 35.1 Å². The second kappa shape index (κ2) is 8.23. The summed E-state index contributed by atoms with van der Waals surface area (Å²) in [5.41, 5.74) is -0.418. The fourth-order valence-electron chi connectivity index (χ4n) is 3.35. The minimum Gasteiger partial charge on any atom is -0.454 e. The maximum absolute atomic E-state index is 12.8. The molecule has 0 fully saturated rings. The van der Waals surface area contributed by atoms with E-state index in [0.29, 0.717) is 5.56 Å². The second-order valence-electron chi connectivity index (χ2n) is 6.82. The number of Topliss-reactive ketones (excluding diaryl/α,β-unsaturated/α-hetero) is 1. The third kappa shape index (κ3) is 3.63. The molecule has 0 unspecified atom stereocenters. The van der Waals surface area contributed by atoms with Gasteiger partial charge in [0.15, 0.2) is 12.4 Å². The number of nitrogens with zero attached hydrogens (tertiary/aromatic N) is 2. The van der Waals surface area contributed by atoms with E-state index in [0.717, 1.165) is 11.0 Å². The average molecular weight is 430 g/mol. The van der Waals surface area contributed by atoms with Crippen LogP contribution in [0.3, 0.4) is 0 Å². The third-order valence-corrected chi connectivity index (χ3v) is 4.86. The summed E-state index contributed by atoms with van der Waals surface area (Å²) in [4.78, 5) is 61.4. The van der Waals surface area contributed by atoms with Gasteiger partial charge in [0, 0.05) is 11.6 Å². The Hall–Kier alpha value is -4.66. The zero-order chi connectivity index (χ0) is 22.8. The van der Waals surface area contributed by atoms with Crippen molar-refractivity contribution in [3.8, 4) is 0 Å². The quantitative estimate of drug-likeness (QED) is 0.193. The maximum Gasteiger partial charge on any atom is 0.338 e. The van der Waals surface area contributed by atoms with Gasteiger partial charge in [-0.1, -0.05) is 42.5 Å². The number of fused-ring (bicyclic) bond motifs is 1. The summed E-state index contributed by atoms with van der Waals surface area (Å²) in [7, 11) is 0. The number of hydrogen-bond acceptors (Lipinski definition) is 7. The molecule has 2 amide bonds. The minimum absolute atomic E-state index is 0.00872. The third-order valence-electron chi connectivity index (χ3n) is 4.86. The molecule has 0 aliphatic carbocycles. The molecule has 9 heteroatoms. The average Bonchev–Trinajstić information content (AvgIpc) is 3.07. The predicted octanol–water partition coefficient (Wildman–Crippen LogP) is 3.44. The standard InChI is InChI=1S/C23H14N2O7/c26-19(14-6-2-1-3-7-14)13-32-23(29)15-8-4-9-16(12-15)24-21(27)17-10-5-11-18(25(30)31)20(17)22(24)28/h1-12H,13H2. The molecule has 0 aromatic heterocycles. The van der Waals surface area contributed by atoms with Gasteiger partial charge in [-0.05, 0) is 24.3 Å². The van der Waals surface area contributed by atoms with Crippen LogP contribution in [0, 0.1) is 10.1 Å². The molecular formula is C23H14N2O7. The number of ether oxygens (including phenoxy) is 1. The number of nitro groups is 1. The Balaban J connectivity index is 1.56. The van der Waals surface area contributed by atoms with Crippen LogP contribution in [0.2, 0.25) is 0 Å².